The Balaban J connectivity index is 1.69. The smallest absolute Gasteiger partial charge is 0.0811 e. The Hall–Kier alpha value is -1.34. The molecule has 0 heterocycles. The van der Waals surface area contributed by atoms with Crippen LogP contribution < -0.4 is 0 Å². The van der Waals surface area contributed by atoms with E-state index in [2.05, 4.69) is 58.3 Å². The monoisotopic (exact) mass is 454 g/mol. The molecule has 6 atom stereocenters. The van der Waals surface area contributed by atoms with E-state index in [1.165, 1.54) is 31.3 Å². The summed E-state index contributed by atoms with van der Waals surface area (Å²) in [6.07, 6.45) is 13.5. The van der Waals surface area contributed by atoms with Gasteiger partial charge in [-0.2, -0.15) is 0 Å². The van der Waals surface area contributed by atoms with Crippen molar-refractivity contribution in [2.45, 2.75) is 116 Å². The van der Waals surface area contributed by atoms with Gasteiger partial charge in [0.15, 0.2) is 0 Å². The minimum Gasteiger partial charge on any atom is -0.393 e. The molecule has 2 unspecified atom stereocenters. The quantitative estimate of drug-likeness (QED) is 0.425. The molecular weight excluding hydrogens is 408 g/mol. The Morgan fingerprint density at radius 1 is 1.21 bits per heavy atom. The van der Waals surface area contributed by atoms with Crippen molar-refractivity contribution < 1.29 is 15.3 Å². The second-order valence-electron chi connectivity index (χ2n) is 11.2. The molecule has 3 nitrogen and oxygen atoms in total. The summed E-state index contributed by atoms with van der Waals surface area (Å²) in [4.78, 5) is 0. The predicted octanol–water partition coefficient (Wildman–Crippen LogP) is 6.10. The van der Waals surface area contributed by atoms with Crippen LogP contribution in [0.5, 0.6) is 0 Å². The van der Waals surface area contributed by atoms with Crippen LogP contribution in [0.15, 0.2) is 35.5 Å². The first-order valence-corrected chi connectivity index (χ1v) is 13.3. The molecule has 184 valence electrons. The first-order chi connectivity index (χ1) is 15.6. The van der Waals surface area contributed by atoms with Crippen LogP contribution in [-0.4, -0.2) is 33.1 Å². The van der Waals surface area contributed by atoms with Gasteiger partial charge in [-0.1, -0.05) is 57.9 Å². The first-order valence-electron chi connectivity index (χ1n) is 13.3. The molecule has 3 heteroatoms. The molecule has 3 aliphatic carbocycles. The topological polar surface area (TPSA) is 60.7 Å². The maximum Gasteiger partial charge on any atom is 0.0811 e. The zero-order valence-electron chi connectivity index (χ0n) is 21.4. The Bertz CT molecular complexity index is 821. The molecule has 3 rings (SSSR count). The molecule has 0 radical (unpaired) electrons. The van der Waals surface area contributed by atoms with Gasteiger partial charge in [0.2, 0.25) is 0 Å². The normalized spacial score (nSPS) is 35.9. The highest BCUT2D eigenvalue weighted by Gasteiger charge is 2.50. The van der Waals surface area contributed by atoms with Gasteiger partial charge in [-0.15, -0.1) is 5.92 Å². The number of hydrogen-bond acceptors (Lipinski definition) is 3. The summed E-state index contributed by atoms with van der Waals surface area (Å²) in [6.45, 7) is 12.9. The lowest BCUT2D eigenvalue weighted by molar-refractivity contribution is 0.0251. The van der Waals surface area contributed by atoms with E-state index in [9.17, 15) is 15.3 Å². The molecule has 0 aromatic carbocycles. The van der Waals surface area contributed by atoms with Crippen molar-refractivity contribution >= 4 is 0 Å². The highest BCUT2D eigenvalue weighted by Crippen LogP contribution is 2.59. The fourth-order valence-corrected chi connectivity index (χ4v) is 6.80. The maximum absolute atomic E-state index is 10.5. The molecule has 0 bridgehead atoms. The third-order valence-electron chi connectivity index (χ3n) is 9.27. The molecule has 33 heavy (non-hydrogen) atoms. The SMILES string of the molecule is C=C1/C(=C\C=C2/CCC[C@]3(C)C(C(C)C#CCCC(O)(CC)CC)CC[C@@H]23)C[C@@H](O)C[C@@H]1O. The summed E-state index contributed by atoms with van der Waals surface area (Å²) in [5.41, 5.74) is 3.01. The Kier molecular flexibility index (Phi) is 8.71. The van der Waals surface area contributed by atoms with E-state index in [4.69, 9.17) is 0 Å². The van der Waals surface area contributed by atoms with Crippen molar-refractivity contribution in [1.29, 1.82) is 0 Å². The van der Waals surface area contributed by atoms with Crippen LogP contribution in [0.4, 0.5) is 0 Å². The van der Waals surface area contributed by atoms with Crippen molar-refractivity contribution in [1.82, 2.24) is 0 Å². The van der Waals surface area contributed by atoms with Gasteiger partial charge in [-0.25, -0.2) is 0 Å². The van der Waals surface area contributed by atoms with Crippen molar-refractivity contribution in [2.75, 3.05) is 0 Å². The molecule has 0 aromatic rings. The van der Waals surface area contributed by atoms with E-state index in [1.807, 2.05) is 0 Å². The molecule has 0 aromatic heterocycles. The van der Waals surface area contributed by atoms with Crippen molar-refractivity contribution in [3.63, 3.8) is 0 Å². The second kappa shape index (κ2) is 10.9. The summed E-state index contributed by atoms with van der Waals surface area (Å²) in [6, 6.07) is 0. The molecule has 3 aliphatic rings. The lowest BCUT2D eigenvalue weighted by Gasteiger charge is -2.43. The highest BCUT2D eigenvalue weighted by atomic mass is 16.3. The summed E-state index contributed by atoms with van der Waals surface area (Å²) >= 11 is 0. The zero-order chi connectivity index (χ0) is 24.2. The summed E-state index contributed by atoms with van der Waals surface area (Å²) in [7, 11) is 0. The van der Waals surface area contributed by atoms with Crippen LogP contribution in [0.3, 0.4) is 0 Å². The van der Waals surface area contributed by atoms with Gasteiger partial charge >= 0.3 is 0 Å². The standard InChI is InChI=1S/C30H46O3/c1-6-30(33,7-2)18-9-8-11-21(3)26-15-16-27-23(12-10-17-29(26,27)5)13-14-24-19-25(31)20-28(32)22(24)4/h13-14,21,25-28,31-33H,4,6-7,9-10,12,15-20H2,1-3,5H3/b23-13+,24-14-/t21?,25-,26?,27+,28+,29-/m1/s1. The lowest BCUT2D eigenvalue weighted by atomic mass is 9.61. The number of allylic oxidation sites excluding steroid dienone is 3. The van der Waals surface area contributed by atoms with Gasteiger partial charge < -0.3 is 15.3 Å². The summed E-state index contributed by atoms with van der Waals surface area (Å²) in [5.74, 6) is 8.53. The molecule has 0 saturated heterocycles. The predicted molar refractivity (Wildman–Crippen MR) is 136 cm³/mol. The van der Waals surface area contributed by atoms with E-state index in [0.29, 0.717) is 30.6 Å². The van der Waals surface area contributed by atoms with Gasteiger partial charge in [0.1, 0.15) is 0 Å². The Labute approximate surface area is 202 Å². The Morgan fingerprint density at radius 3 is 2.64 bits per heavy atom. The van der Waals surface area contributed by atoms with Gasteiger partial charge in [-0.05, 0) is 86.2 Å². The van der Waals surface area contributed by atoms with Crippen LogP contribution >= 0.6 is 0 Å². The molecule has 3 fully saturated rings. The molecule has 0 spiro atoms. The number of aliphatic hydroxyl groups excluding tert-OH is 2. The minimum absolute atomic E-state index is 0.285. The van der Waals surface area contributed by atoms with Crippen molar-refractivity contribution in [3.05, 3.63) is 35.5 Å². The molecule has 3 saturated carbocycles. The average molecular weight is 455 g/mol. The van der Waals surface area contributed by atoms with E-state index in [0.717, 1.165) is 43.3 Å². The fourth-order valence-electron chi connectivity index (χ4n) is 6.80. The lowest BCUT2D eigenvalue weighted by Crippen LogP contribution is -2.35. The molecule has 0 amide bonds. The minimum atomic E-state index is -0.629. The first kappa shape index (κ1) is 26.3. The van der Waals surface area contributed by atoms with E-state index >= 15 is 0 Å². The number of fused-ring (bicyclic) bond motifs is 1. The second-order valence-corrected chi connectivity index (χ2v) is 11.2. The maximum atomic E-state index is 10.5. The number of rotatable bonds is 6. The van der Waals surface area contributed by atoms with Crippen molar-refractivity contribution in [3.8, 4) is 11.8 Å². The summed E-state index contributed by atoms with van der Waals surface area (Å²) < 4.78 is 0. The Morgan fingerprint density at radius 2 is 1.94 bits per heavy atom. The van der Waals surface area contributed by atoms with E-state index in [1.54, 1.807) is 0 Å². The largest absolute Gasteiger partial charge is 0.393 e. The van der Waals surface area contributed by atoms with Crippen LogP contribution in [0.1, 0.15) is 98.3 Å². The van der Waals surface area contributed by atoms with Crippen LogP contribution in [0.25, 0.3) is 0 Å². The van der Waals surface area contributed by atoms with Crippen LogP contribution in [-0.2, 0) is 0 Å². The highest BCUT2D eigenvalue weighted by molar-refractivity contribution is 5.38. The van der Waals surface area contributed by atoms with E-state index < -0.39 is 17.8 Å². The van der Waals surface area contributed by atoms with Gasteiger partial charge in [0, 0.05) is 18.8 Å². The number of hydrogen-bond donors (Lipinski definition) is 3. The van der Waals surface area contributed by atoms with Gasteiger partial charge in [0.25, 0.3) is 0 Å². The van der Waals surface area contributed by atoms with Gasteiger partial charge in [-0.3, -0.25) is 0 Å². The molecular formula is C30H46O3. The zero-order valence-corrected chi connectivity index (χ0v) is 21.4. The summed E-state index contributed by atoms with van der Waals surface area (Å²) in [5, 5.41) is 30.7. The van der Waals surface area contributed by atoms with Gasteiger partial charge in [0.05, 0.1) is 17.8 Å². The third-order valence-corrected chi connectivity index (χ3v) is 9.27. The third kappa shape index (κ3) is 5.84. The van der Waals surface area contributed by atoms with Crippen LogP contribution in [0, 0.1) is 35.0 Å². The number of aliphatic hydroxyl groups is 3. The average Bonchev–Trinajstić information content (AvgIpc) is 3.15. The molecule has 0 aliphatic heterocycles. The molecule has 3 N–H and O–H groups in total. The van der Waals surface area contributed by atoms with Crippen molar-refractivity contribution in [2.24, 2.45) is 23.2 Å². The van der Waals surface area contributed by atoms with E-state index in [-0.39, 0.29) is 5.41 Å². The fraction of sp³-hybridized carbons (Fsp3) is 0.733. The van der Waals surface area contributed by atoms with Crippen LogP contribution in [0.2, 0.25) is 0 Å².